The molecule has 23 heavy (non-hydrogen) atoms. The standard InChI is InChI=1S/C16H19N3O2S2/c1-4-8-17-13(20)9(2)22-16-18-14-12(15(21)19(16)3)10-6-5-7-11(10)23-14/h4,9H,1,5-8H2,2-3H3,(H,17,20)/t9-/m1/s1. The maximum atomic E-state index is 12.7. The fourth-order valence-electron chi connectivity index (χ4n) is 2.74. The average molecular weight is 349 g/mol. The van der Waals surface area contributed by atoms with Crippen molar-refractivity contribution in [2.24, 2.45) is 7.05 Å². The Kier molecular flexibility index (Phi) is 4.59. The number of amides is 1. The van der Waals surface area contributed by atoms with Crippen LogP contribution in [-0.4, -0.2) is 27.3 Å². The van der Waals surface area contributed by atoms with Crippen LogP contribution >= 0.6 is 23.1 Å². The van der Waals surface area contributed by atoms with Crippen molar-refractivity contribution in [1.82, 2.24) is 14.9 Å². The Morgan fingerprint density at radius 1 is 1.57 bits per heavy atom. The predicted molar refractivity (Wildman–Crippen MR) is 95.4 cm³/mol. The average Bonchev–Trinajstić information content (AvgIpc) is 3.10. The molecule has 0 fully saturated rings. The Balaban J connectivity index is 1.93. The lowest BCUT2D eigenvalue weighted by atomic mass is 10.2. The van der Waals surface area contributed by atoms with E-state index in [-0.39, 0.29) is 16.7 Å². The van der Waals surface area contributed by atoms with Crippen molar-refractivity contribution in [3.8, 4) is 0 Å². The molecule has 1 aliphatic carbocycles. The third kappa shape index (κ3) is 2.95. The van der Waals surface area contributed by atoms with Gasteiger partial charge in [0.25, 0.3) is 5.56 Å². The van der Waals surface area contributed by atoms with E-state index in [9.17, 15) is 9.59 Å². The number of thiophene rings is 1. The van der Waals surface area contributed by atoms with Gasteiger partial charge in [-0.3, -0.25) is 14.2 Å². The van der Waals surface area contributed by atoms with Crippen LogP contribution in [0.4, 0.5) is 0 Å². The molecule has 1 N–H and O–H groups in total. The van der Waals surface area contributed by atoms with Gasteiger partial charge >= 0.3 is 0 Å². The first-order chi connectivity index (χ1) is 11.0. The molecule has 122 valence electrons. The van der Waals surface area contributed by atoms with Gasteiger partial charge in [-0.25, -0.2) is 4.98 Å². The fourth-order valence-corrected chi connectivity index (χ4v) is 4.94. The van der Waals surface area contributed by atoms with Crippen LogP contribution in [0.2, 0.25) is 0 Å². The second-order valence-corrected chi connectivity index (χ2v) is 7.98. The minimum atomic E-state index is -0.322. The number of nitrogens with one attached hydrogen (secondary N) is 1. The molecule has 0 saturated carbocycles. The summed E-state index contributed by atoms with van der Waals surface area (Å²) in [6.45, 7) is 5.83. The third-order valence-corrected chi connectivity index (χ3v) is 6.31. The van der Waals surface area contributed by atoms with E-state index in [0.717, 1.165) is 29.5 Å². The molecular weight excluding hydrogens is 330 g/mol. The third-order valence-electron chi connectivity index (χ3n) is 3.98. The van der Waals surface area contributed by atoms with Crippen molar-refractivity contribution in [3.63, 3.8) is 0 Å². The van der Waals surface area contributed by atoms with Gasteiger partial charge in [0, 0.05) is 18.5 Å². The van der Waals surface area contributed by atoms with E-state index in [1.807, 2.05) is 6.92 Å². The summed E-state index contributed by atoms with van der Waals surface area (Å²) in [6, 6.07) is 0. The van der Waals surface area contributed by atoms with Gasteiger partial charge in [0.2, 0.25) is 5.91 Å². The monoisotopic (exact) mass is 349 g/mol. The van der Waals surface area contributed by atoms with Crippen LogP contribution in [0.1, 0.15) is 23.8 Å². The van der Waals surface area contributed by atoms with E-state index in [1.54, 1.807) is 29.0 Å². The highest BCUT2D eigenvalue weighted by atomic mass is 32.2. The highest BCUT2D eigenvalue weighted by Gasteiger charge is 2.24. The first-order valence-electron chi connectivity index (χ1n) is 7.59. The summed E-state index contributed by atoms with van der Waals surface area (Å²) in [6.07, 6.45) is 4.78. The zero-order valence-corrected chi connectivity index (χ0v) is 14.9. The number of carbonyl (C=O) groups is 1. The van der Waals surface area contributed by atoms with Crippen LogP contribution in [0.25, 0.3) is 10.2 Å². The van der Waals surface area contributed by atoms with Crippen LogP contribution in [0, 0.1) is 0 Å². The van der Waals surface area contributed by atoms with Gasteiger partial charge in [0.15, 0.2) is 5.16 Å². The van der Waals surface area contributed by atoms with Crippen LogP contribution in [0.5, 0.6) is 0 Å². The molecule has 0 saturated heterocycles. The Morgan fingerprint density at radius 3 is 3.09 bits per heavy atom. The molecule has 0 unspecified atom stereocenters. The highest BCUT2D eigenvalue weighted by Crippen LogP contribution is 2.35. The lowest BCUT2D eigenvalue weighted by Crippen LogP contribution is -2.31. The summed E-state index contributed by atoms with van der Waals surface area (Å²) in [7, 11) is 1.73. The molecule has 2 heterocycles. The molecule has 0 radical (unpaired) electrons. The number of nitrogens with zero attached hydrogens (tertiary/aromatic N) is 2. The summed E-state index contributed by atoms with van der Waals surface area (Å²) in [5, 5.41) is 3.81. The van der Waals surface area contributed by atoms with Gasteiger partial charge in [0.1, 0.15) is 4.83 Å². The molecule has 1 aliphatic rings. The van der Waals surface area contributed by atoms with E-state index in [0.29, 0.717) is 11.7 Å². The van der Waals surface area contributed by atoms with Crippen LogP contribution in [0.3, 0.4) is 0 Å². The van der Waals surface area contributed by atoms with Crippen molar-refractivity contribution in [3.05, 3.63) is 33.4 Å². The lowest BCUT2D eigenvalue weighted by Gasteiger charge is -2.12. The minimum Gasteiger partial charge on any atom is -0.352 e. The summed E-state index contributed by atoms with van der Waals surface area (Å²) < 4.78 is 1.57. The summed E-state index contributed by atoms with van der Waals surface area (Å²) in [5.74, 6) is -0.0853. The summed E-state index contributed by atoms with van der Waals surface area (Å²) >= 11 is 2.93. The maximum Gasteiger partial charge on any atom is 0.262 e. The fraction of sp³-hybridized carbons (Fsp3) is 0.438. The van der Waals surface area contributed by atoms with Crippen molar-refractivity contribution in [2.75, 3.05) is 6.54 Å². The second-order valence-electron chi connectivity index (χ2n) is 5.59. The van der Waals surface area contributed by atoms with Crippen LogP contribution < -0.4 is 10.9 Å². The smallest absolute Gasteiger partial charge is 0.262 e. The Hall–Kier alpha value is -1.60. The molecule has 3 rings (SSSR count). The van der Waals surface area contributed by atoms with Gasteiger partial charge in [0.05, 0.1) is 10.6 Å². The number of hydrogen-bond donors (Lipinski definition) is 1. The van der Waals surface area contributed by atoms with E-state index < -0.39 is 0 Å². The number of hydrogen-bond acceptors (Lipinski definition) is 5. The molecule has 2 aromatic heterocycles. The molecule has 0 bridgehead atoms. The maximum absolute atomic E-state index is 12.7. The molecule has 2 aromatic rings. The Bertz CT molecular complexity index is 838. The molecule has 0 aliphatic heterocycles. The zero-order chi connectivity index (χ0) is 16.6. The molecule has 5 nitrogen and oxygen atoms in total. The van der Waals surface area contributed by atoms with Crippen molar-refractivity contribution < 1.29 is 4.79 Å². The van der Waals surface area contributed by atoms with Gasteiger partial charge in [-0.2, -0.15) is 0 Å². The number of carbonyl (C=O) groups excluding carboxylic acids is 1. The first-order valence-corrected chi connectivity index (χ1v) is 9.29. The van der Waals surface area contributed by atoms with E-state index in [1.165, 1.54) is 22.2 Å². The second kappa shape index (κ2) is 6.49. The van der Waals surface area contributed by atoms with Gasteiger partial charge in [-0.15, -0.1) is 17.9 Å². The zero-order valence-electron chi connectivity index (χ0n) is 13.2. The topological polar surface area (TPSA) is 64.0 Å². The van der Waals surface area contributed by atoms with Crippen LogP contribution in [0.15, 0.2) is 22.6 Å². The van der Waals surface area contributed by atoms with E-state index in [4.69, 9.17) is 0 Å². The Labute approximate surface area is 142 Å². The van der Waals surface area contributed by atoms with Gasteiger partial charge in [-0.1, -0.05) is 17.8 Å². The summed E-state index contributed by atoms with van der Waals surface area (Å²) in [5.41, 5.74) is 1.18. The predicted octanol–water partition coefficient (Wildman–Crippen LogP) is 2.27. The number of thioether (sulfide) groups is 1. The quantitative estimate of drug-likeness (QED) is 0.511. The SMILES string of the molecule is C=CCNC(=O)[C@@H](C)Sc1nc2sc3c(c2c(=O)n1C)CCC3. The largest absolute Gasteiger partial charge is 0.352 e. The molecule has 1 atom stereocenters. The number of aromatic nitrogens is 2. The molecular formula is C16H19N3O2S2. The number of aryl methyl sites for hydroxylation is 2. The Morgan fingerprint density at radius 2 is 2.35 bits per heavy atom. The van der Waals surface area contributed by atoms with Crippen molar-refractivity contribution in [2.45, 2.75) is 36.6 Å². The van der Waals surface area contributed by atoms with Crippen molar-refractivity contribution in [1.29, 1.82) is 0 Å². The van der Waals surface area contributed by atoms with E-state index >= 15 is 0 Å². The van der Waals surface area contributed by atoms with Gasteiger partial charge < -0.3 is 5.32 Å². The minimum absolute atomic E-state index is 0.00407. The van der Waals surface area contributed by atoms with Gasteiger partial charge in [-0.05, 0) is 31.7 Å². The molecule has 1 amide bonds. The summed E-state index contributed by atoms with van der Waals surface area (Å²) in [4.78, 5) is 31.4. The van der Waals surface area contributed by atoms with Crippen LogP contribution in [-0.2, 0) is 24.7 Å². The highest BCUT2D eigenvalue weighted by molar-refractivity contribution is 8.00. The number of fused-ring (bicyclic) bond motifs is 3. The molecule has 0 aromatic carbocycles. The number of rotatable bonds is 5. The normalized spacial score (nSPS) is 14.7. The van der Waals surface area contributed by atoms with E-state index in [2.05, 4.69) is 16.9 Å². The first kappa shape index (κ1) is 16.3. The molecule has 0 spiro atoms. The van der Waals surface area contributed by atoms with Crippen molar-refractivity contribution >= 4 is 39.2 Å². The molecule has 7 heteroatoms. The lowest BCUT2D eigenvalue weighted by molar-refractivity contribution is -0.120.